The Morgan fingerprint density at radius 1 is 0.842 bits per heavy atom. The summed E-state index contributed by atoms with van der Waals surface area (Å²) in [5.41, 5.74) is 3.14. The number of hydrogen-bond donors (Lipinski definition) is 0. The molecule has 0 fully saturated rings. The summed E-state index contributed by atoms with van der Waals surface area (Å²) in [7, 11) is 0. The highest BCUT2D eigenvalue weighted by Crippen LogP contribution is 2.26. The van der Waals surface area contributed by atoms with Crippen LogP contribution in [0.4, 0.5) is 0 Å². The van der Waals surface area contributed by atoms with Crippen LogP contribution in [0.25, 0.3) is 5.57 Å². The molecule has 1 aliphatic carbocycles. The fourth-order valence-electron chi connectivity index (χ4n) is 2.87. The minimum absolute atomic E-state index is 0.0146. The molecule has 1 heterocycles. The number of hydrogen-bond acceptors (Lipinski definition) is 2. The Morgan fingerprint density at radius 2 is 1.58 bits per heavy atom. The molecule has 2 aromatic carbocycles. The van der Waals surface area contributed by atoms with E-state index in [-0.39, 0.29) is 18.1 Å². The maximum Gasteiger partial charge on any atom is 0.250 e. The standard InChI is InChI=1S/C16H9NO2/c18-14-8-12-9-4-1-2-5-10(9)16(19)11-6-3-7-13(17-14)15(11)12/h1-7H,8H2. The summed E-state index contributed by atoms with van der Waals surface area (Å²) in [5, 5.41) is 1.46. The van der Waals surface area contributed by atoms with Gasteiger partial charge in [0.1, 0.15) is 0 Å². The van der Waals surface area contributed by atoms with E-state index in [9.17, 15) is 9.59 Å². The molecule has 0 unspecified atom stereocenters. The lowest BCUT2D eigenvalue weighted by Gasteiger charge is -2.20. The van der Waals surface area contributed by atoms with Crippen molar-refractivity contribution in [1.82, 2.24) is 0 Å². The highest BCUT2D eigenvalue weighted by atomic mass is 16.1. The van der Waals surface area contributed by atoms with Crippen molar-refractivity contribution < 1.29 is 9.59 Å². The fourth-order valence-corrected chi connectivity index (χ4v) is 2.87. The minimum Gasteiger partial charge on any atom is -0.289 e. The van der Waals surface area contributed by atoms with E-state index in [2.05, 4.69) is 4.99 Å². The van der Waals surface area contributed by atoms with Crippen LogP contribution in [0.5, 0.6) is 0 Å². The van der Waals surface area contributed by atoms with Crippen molar-refractivity contribution in [3.05, 3.63) is 69.7 Å². The molecule has 0 saturated carbocycles. The summed E-state index contributed by atoms with van der Waals surface area (Å²) in [5.74, 6) is -0.135. The predicted molar refractivity (Wildman–Crippen MR) is 69.2 cm³/mol. The number of benzene rings is 2. The molecule has 2 aliphatic rings. The molecule has 1 amide bonds. The van der Waals surface area contributed by atoms with Crippen molar-refractivity contribution in [2.45, 2.75) is 6.42 Å². The zero-order chi connectivity index (χ0) is 13.0. The summed E-state index contributed by atoms with van der Waals surface area (Å²) >= 11 is 0. The molecule has 1 aliphatic heterocycles. The van der Waals surface area contributed by atoms with E-state index in [1.165, 1.54) is 0 Å². The first-order valence-corrected chi connectivity index (χ1v) is 6.13. The lowest BCUT2D eigenvalue weighted by Crippen LogP contribution is -2.40. The Labute approximate surface area is 108 Å². The van der Waals surface area contributed by atoms with Crippen molar-refractivity contribution in [2.24, 2.45) is 4.99 Å². The SMILES string of the molecule is O=C1CC2=c3c(cccc3=N1)C(=O)c1ccccc12. The molecule has 4 rings (SSSR count). The third-order valence-electron chi connectivity index (χ3n) is 3.66. The average Bonchev–Trinajstić information content (AvgIpc) is 2.44. The first-order valence-electron chi connectivity index (χ1n) is 6.13. The number of nitrogens with zero attached hydrogens (tertiary/aromatic N) is 1. The maximum absolute atomic E-state index is 12.5. The van der Waals surface area contributed by atoms with Crippen molar-refractivity contribution in [3.8, 4) is 0 Å². The van der Waals surface area contributed by atoms with Crippen molar-refractivity contribution in [2.75, 3.05) is 0 Å². The van der Waals surface area contributed by atoms with Crippen LogP contribution in [0.2, 0.25) is 0 Å². The van der Waals surface area contributed by atoms with Gasteiger partial charge in [0, 0.05) is 16.3 Å². The van der Waals surface area contributed by atoms with Gasteiger partial charge in [-0.2, -0.15) is 0 Å². The smallest absolute Gasteiger partial charge is 0.250 e. The summed E-state index contributed by atoms with van der Waals surface area (Å²) in [6.45, 7) is 0. The molecule has 2 aromatic rings. The maximum atomic E-state index is 12.5. The summed E-state index contributed by atoms with van der Waals surface area (Å²) in [6, 6.07) is 12.8. The second-order valence-corrected chi connectivity index (χ2v) is 4.74. The van der Waals surface area contributed by atoms with Gasteiger partial charge in [0.25, 0.3) is 5.91 Å². The summed E-state index contributed by atoms with van der Waals surface area (Å²) in [4.78, 5) is 28.3. The third-order valence-corrected chi connectivity index (χ3v) is 3.66. The van der Waals surface area contributed by atoms with Gasteiger partial charge in [0.15, 0.2) is 5.78 Å². The molecule has 0 atom stereocenters. The molecule has 0 bridgehead atoms. The Kier molecular flexibility index (Phi) is 1.90. The summed E-state index contributed by atoms with van der Waals surface area (Å²) in [6.07, 6.45) is 0.272. The molecule has 19 heavy (non-hydrogen) atoms. The zero-order valence-electron chi connectivity index (χ0n) is 10.0. The monoisotopic (exact) mass is 247 g/mol. The van der Waals surface area contributed by atoms with Crippen LogP contribution in [-0.4, -0.2) is 11.7 Å². The topological polar surface area (TPSA) is 46.5 Å². The minimum atomic E-state index is -0.149. The lowest BCUT2D eigenvalue weighted by atomic mass is 9.83. The molecule has 3 nitrogen and oxygen atoms in total. The molecule has 3 heteroatoms. The van der Waals surface area contributed by atoms with Crippen LogP contribution in [0.3, 0.4) is 0 Å². The Morgan fingerprint density at radius 3 is 2.42 bits per heavy atom. The molecule has 0 spiro atoms. The fraction of sp³-hybridized carbons (Fsp3) is 0.0625. The largest absolute Gasteiger partial charge is 0.289 e. The first kappa shape index (κ1) is 10.4. The van der Waals surface area contributed by atoms with E-state index < -0.39 is 0 Å². The average molecular weight is 247 g/mol. The molecule has 0 N–H and O–H groups in total. The van der Waals surface area contributed by atoms with E-state index in [4.69, 9.17) is 0 Å². The lowest BCUT2D eigenvalue weighted by molar-refractivity contribution is -0.117. The van der Waals surface area contributed by atoms with Gasteiger partial charge in [-0.1, -0.05) is 36.4 Å². The van der Waals surface area contributed by atoms with Crippen LogP contribution >= 0.6 is 0 Å². The van der Waals surface area contributed by atoms with Gasteiger partial charge >= 0.3 is 0 Å². The van der Waals surface area contributed by atoms with Crippen LogP contribution in [0, 0.1) is 0 Å². The number of fused-ring (bicyclic) bond motifs is 2. The van der Waals surface area contributed by atoms with Gasteiger partial charge in [0.05, 0.1) is 11.8 Å². The van der Waals surface area contributed by atoms with Crippen LogP contribution in [0.15, 0.2) is 47.5 Å². The molecular formula is C16H9NO2. The van der Waals surface area contributed by atoms with Crippen LogP contribution < -0.4 is 10.6 Å². The van der Waals surface area contributed by atoms with Gasteiger partial charge in [-0.15, -0.1) is 0 Å². The Hall–Kier alpha value is -2.55. The number of amides is 1. The number of carbonyl (C=O) groups excluding carboxylic acids is 2. The van der Waals surface area contributed by atoms with Gasteiger partial charge in [-0.3, -0.25) is 9.59 Å². The first-order chi connectivity index (χ1) is 9.25. The van der Waals surface area contributed by atoms with Crippen molar-refractivity contribution in [3.63, 3.8) is 0 Å². The van der Waals surface area contributed by atoms with Crippen molar-refractivity contribution >= 4 is 17.3 Å². The Bertz CT molecular complexity index is 878. The second kappa shape index (κ2) is 3.48. The Balaban J connectivity index is 2.29. The summed E-state index contributed by atoms with van der Waals surface area (Å²) < 4.78 is 0. The van der Waals surface area contributed by atoms with E-state index >= 15 is 0 Å². The normalized spacial score (nSPS) is 15.7. The predicted octanol–water partition coefficient (Wildman–Crippen LogP) is 0.980. The number of rotatable bonds is 0. The quantitative estimate of drug-likeness (QED) is 0.696. The second-order valence-electron chi connectivity index (χ2n) is 4.74. The number of carbonyl (C=O) groups is 2. The van der Waals surface area contributed by atoms with E-state index in [0.29, 0.717) is 16.5 Å². The zero-order valence-corrected chi connectivity index (χ0v) is 10.0. The molecule has 0 aromatic heterocycles. The third kappa shape index (κ3) is 1.30. The molecule has 0 saturated heterocycles. The van der Waals surface area contributed by atoms with E-state index in [1.54, 1.807) is 12.1 Å². The van der Waals surface area contributed by atoms with Gasteiger partial charge in [0.2, 0.25) is 0 Å². The van der Waals surface area contributed by atoms with Gasteiger partial charge in [-0.25, -0.2) is 4.99 Å². The van der Waals surface area contributed by atoms with E-state index in [0.717, 1.165) is 16.4 Å². The van der Waals surface area contributed by atoms with E-state index in [1.807, 2.05) is 30.3 Å². The van der Waals surface area contributed by atoms with Crippen LogP contribution in [-0.2, 0) is 4.79 Å². The molecule has 0 radical (unpaired) electrons. The highest BCUT2D eigenvalue weighted by Gasteiger charge is 2.27. The van der Waals surface area contributed by atoms with Crippen molar-refractivity contribution in [1.29, 1.82) is 0 Å². The van der Waals surface area contributed by atoms with Crippen LogP contribution in [0.1, 0.15) is 27.9 Å². The number of ketones is 1. The molecular weight excluding hydrogens is 238 g/mol. The molecule has 90 valence electrons. The van der Waals surface area contributed by atoms with Gasteiger partial charge in [-0.05, 0) is 17.2 Å². The van der Waals surface area contributed by atoms with Gasteiger partial charge < -0.3 is 0 Å². The highest BCUT2D eigenvalue weighted by molar-refractivity contribution is 6.15.